The predicted octanol–water partition coefficient (Wildman–Crippen LogP) is 1.83. The van der Waals surface area contributed by atoms with Crippen LogP contribution in [0.4, 0.5) is 4.39 Å². The molecule has 1 aromatic carbocycles. The molecule has 1 unspecified atom stereocenters. The van der Waals surface area contributed by atoms with E-state index in [4.69, 9.17) is 4.74 Å². The van der Waals surface area contributed by atoms with Crippen molar-refractivity contribution in [2.24, 2.45) is 0 Å². The molecule has 1 heterocycles. The Morgan fingerprint density at radius 2 is 2.38 bits per heavy atom. The van der Waals surface area contributed by atoms with Gasteiger partial charge in [0.1, 0.15) is 0 Å². The lowest BCUT2D eigenvalue weighted by Gasteiger charge is -2.13. The van der Waals surface area contributed by atoms with E-state index in [1.165, 1.54) is 13.2 Å². The minimum Gasteiger partial charge on any atom is -0.504 e. The fourth-order valence-corrected chi connectivity index (χ4v) is 2.13. The Morgan fingerprint density at radius 3 is 3.00 bits per heavy atom. The summed E-state index contributed by atoms with van der Waals surface area (Å²) >= 11 is 0. The van der Waals surface area contributed by atoms with Gasteiger partial charge in [-0.05, 0) is 37.4 Å². The van der Waals surface area contributed by atoms with Crippen molar-refractivity contribution in [2.45, 2.75) is 25.3 Å². The molecule has 16 heavy (non-hydrogen) atoms. The molecule has 2 rings (SSSR count). The number of phenolic OH excluding ortho intramolecular Hbond substituents is 1. The number of aromatic hydroxyl groups is 1. The second kappa shape index (κ2) is 4.70. The van der Waals surface area contributed by atoms with Gasteiger partial charge in [-0.3, -0.25) is 0 Å². The molecule has 0 radical (unpaired) electrons. The van der Waals surface area contributed by atoms with Gasteiger partial charge in [0.15, 0.2) is 17.3 Å². The van der Waals surface area contributed by atoms with E-state index in [-0.39, 0.29) is 11.5 Å². The van der Waals surface area contributed by atoms with Crippen LogP contribution in [0.15, 0.2) is 12.1 Å². The number of rotatable bonds is 3. The quantitative estimate of drug-likeness (QED) is 0.824. The van der Waals surface area contributed by atoms with Gasteiger partial charge in [-0.2, -0.15) is 0 Å². The minimum absolute atomic E-state index is 0.0597. The Kier molecular flexibility index (Phi) is 3.29. The zero-order valence-electron chi connectivity index (χ0n) is 9.29. The van der Waals surface area contributed by atoms with E-state index in [9.17, 15) is 9.50 Å². The summed E-state index contributed by atoms with van der Waals surface area (Å²) in [6, 6.07) is 3.43. The molecular formula is C12H16FNO2. The fraction of sp³-hybridized carbons (Fsp3) is 0.500. The third kappa shape index (κ3) is 2.11. The molecule has 1 aromatic rings. The Bertz CT molecular complexity index is 376. The molecule has 3 nitrogen and oxygen atoms in total. The number of halogens is 1. The molecule has 0 bridgehead atoms. The van der Waals surface area contributed by atoms with Crippen LogP contribution in [0.25, 0.3) is 0 Å². The van der Waals surface area contributed by atoms with Crippen molar-refractivity contribution in [3.05, 3.63) is 23.5 Å². The zero-order chi connectivity index (χ0) is 11.5. The molecule has 1 saturated heterocycles. The first-order valence-electron chi connectivity index (χ1n) is 5.50. The average molecular weight is 225 g/mol. The highest BCUT2D eigenvalue weighted by atomic mass is 19.1. The van der Waals surface area contributed by atoms with E-state index in [0.717, 1.165) is 19.4 Å². The van der Waals surface area contributed by atoms with Crippen molar-refractivity contribution in [3.8, 4) is 11.5 Å². The van der Waals surface area contributed by atoms with Gasteiger partial charge in [0.25, 0.3) is 0 Å². The summed E-state index contributed by atoms with van der Waals surface area (Å²) in [5, 5.41) is 12.7. The molecule has 4 heteroatoms. The first-order chi connectivity index (χ1) is 7.72. The van der Waals surface area contributed by atoms with Crippen molar-refractivity contribution in [3.63, 3.8) is 0 Å². The molecule has 2 N–H and O–H groups in total. The highest BCUT2D eigenvalue weighted by molar-refractivity contribution is 5.43. The molecule has 1 atom stereocenters. The Morgan fingerprint density at radius 1 is 1.56 bits per heavy atom. The smallest absolute Gasteiger partial charge is 0.196 e. The van der Waals surface area contributed by atoms with Crippen LogP contribution >= 0.6 is 0 Å². The summed E-state index contributed by atoms with van der Waals surface area (Å²) in [7, 11) is 1.36. The number of nitrogens with one attached hydrogen (secondary N) is 1. The van der Waals surface area contributed by atoms with Crippen molar-refractivity contribution in [1.82, 2.24) is 5.32 Å². The Balaban J connectivity index is 2.20. The molecule has 0 amide bonds. The fourth-order valence-electron chi connectivity index (χ4n) is 2.13. The van der Waals surface area contributed by atoms with Crippen molar-refractivity contribution in [1.29, 1.82) is 0 Å². The summed E-state index contributed by atoms with van der Waals surface area (Å²) in [6.07, 6.45) is 2.85. The van der Waals surface area contributed by atoms with Gasteiger partial charge in [-0.15, -0.1) is 0 Å². The topological polar surface area (TPSA) is 41.5 Å². The lowest BCUT2D eigenvalue weighted by molar-refractivity contribution is 0.348. The third-order valence-corrected chi connectivity index (χ3v) is 2.99. The summed E-state index contributed by atoms with van der Waals surface area (Å²) in [5.41, 5.74) is 0.592. The minimum atomic E-state index is -0.448. The van der Waals surface area contributed by atoms with E-state index in [1.54, 1.807) is 6.07 Å². The van der Waals surface area contributed by atoms with Crippen LogP contribution in [0.5, 0.6) is 11.5 Å². The summed E-state index contributed by atoms with van der Waals surface area (Å²) < 4.78 is 18.7. The normalized spacial score (nSPS) is 20.0. The van der Waals surface area contributed by atoms with Gasteiger partial charge in [-0.1, -0.05) is 6.07 Å². The number of benzene rings is 1. The summed E-state index contributed by atoms with van der Waals surface area (Å²) in [6.45, 7) is 1.00. The maximum absolute atomic E-state index is 13.9. The van der Waals surface area contributed by atoms with Crippen LogP contribution in [0.1, 0.15) is 18.4 Å². The molecule has 0 aliphatic carbocycles. The van der Waals surface area contributed by atoms with E-state index in [2.05, 4.69) is 5.32 Å². The van der Waals surface area contributed by atoms with E-state index in [1.807, 2.05) is 0 Å². The average Bonchev–Trinajstić information content (AvgIpc) is 2.76. The molecule has 1 fully saturated rings. The highest BCUT2D eigenvalue weighted by Gasteiger charge is 2.19. The molecular weight excluding hydrogens is 209 g/mol. The van der Waals surface area contributed by atoms with Crippen molar-refractivity contribution in [2.75, 3.05) is 13.7 Å². The maximum atomic E-state index is 13.9. The standard InChI is InChI=1S/C12H16FNO2/c1-16-12-10(15)5-4-8(11(12)13)7-9-3-2-6-14-9/h4-5,9,14-15H,2-3,6-7H2,1H3. The van der Waals surface area contributed by atoms with E-state index in [0.29, 0.717) is 18.0 Å². The van der Waals surface area contributed by atoms with E-state index >= 15 is 0 Å². The Labute approximate surface area is 94.2 Å². The SMILES string of the molecule is COc1c(O)ccc(CC2CCCN2)c1F. The van der Waals surface area contributed by atoms with Crippen molar-refractivity contribution >= 4 is 0 Å². The van der Waals surface area contributed by atoms with Crippen LogP contribution < -0.4 is 10.1 Å². The number of phenols is 1. The molecule has 0 saturated carbocycles. The largest absolute Gasteiger partial charge is 0.504 e. The van der Waals surface area contributed by atoms with E-state index < -0.39 is 5.82 Å². The number of hydrogen-bond acceptors (Lipinski definition) is 3. The zero-order valence-corrected chi connectivity index (χ0v) is 9.29. The monoisotopic (exact) mass is 225 g/mol. The first-order valence-corrected chi connectivity index (χ1v) is 5.50. The lowest BCUT2D eigenvalue weighted by Crippen LogP contribution is -2.24. The number of hydrogen-bond donors (Lipinski definition) is 2. The van der Waals surface area contributed by atoms with Crippen LogP contribution in [0.2, 0.25) is 0 Å². The summed E-state index contributed by atoms with van der Waals surface area (Å²) in [5.74, 6) is -0.658. The molecule has 0 aromatic heterocycles. The Hall–Kier alpha value is -1.29. The van der Waals surface area contributed by atoms with Crippen LogP contribution in [0, 0.1) is 5.82 Å². The number of methoxy groups -OCH3 is 1. The summed E-state index contributed by atoms with van der Waals surface area (Å²) in [4.78, 5) is 0. The van der Waals surface area contributed by atoms with Gasteiger partial charge in [0.2, 0.25) is 0 Å². The van der Waals surface area contributed by atoms with Gasteiger partial charge in [-0.25, -0.2) is 4.39 Å². The van der Waals surface area contributed by atoms with Gasteiger partial charge in [0, 0.05) is 6.04 Å². The van der Waals surface area contributed by atoms with Gasteiger partial charge >= 0.3 is 0 Å². The number of ether oxygens (including phenoxy) is 1. The first kappa shape index (κ1) is 11.2. The maximum Gasteiger partial charge on any atom is 0.196 e. The van der Waals surface area contributed by atoms with Gasteiger partial charge in [0.05, 0.1) is 7.11 Å². The van der Waals surface area contributed by atoms with Crippen LogP contribution in [-0.2, 0) is 6.42 Å². The van der Waals surface area contributed by atoms with Crippen LogP contribution in [-0.4, -0.2) is 24.8 Å². The van der Waals surface area contributed by atoms with Gasteiger partial charge < -0.3 is 15.2 Å². The molecule has 1 aliphatic heterocycles. The highest BCUT2D eigenvalue weighted by Crippen LogP contribution is 2.31. The molecule has 1 aliphatic rings. The van der Waals surface area contributed by atoms with Crippen molar-refractivity contribution < 1.29 is 14.2 Å². The lowest BCUT2D eigenvalue weighted by atomic mass is 10.0. The third-order valence-electron chi connectivity index (χ3n) is 2.99. The second-order valence-corrected chi connectivity index (χ2v) is 4.09. The van der Waals surface area contributed by atoms with Crippen LogP contribution in [0.3, 0.4) is 0 Å². The molecule has 88 valence electrons. The molecule has 0 spiro atoms. The second-order valence-electron chi connectivity index (χ2n) is 4.09. The predicted molar refractivity (Wildman–Crippen MR) is 59.3 cm³/mol.